The number of hydrogen-bond acceptors (Lipinski definition) is 7. The Labute approximate surface area is 129 Å². The van der Waals surface area contributed by atoms with Gasteiger partial charge in [-0.1, -0.05) is 21.6 Å². The van der Waals surface area contributed by atoms with Crippen LogP contribution in [0.5, 0.6) is 0 Å². The highest BCUT2D eigenvalue weighted by atomic mass is 33.1. The molecule has 0 saturated heterocycles. The molecule has 0 unspecified atom stereocenters. The van der Waals surface area contributed by atoms with E-state index in [9.17, 15) is 4.79 Å². The Bertz CT molecular complexity index is 256. The van der Waals surface area contributed by atoms with E-state index in [-0.39, 0.29) is 10.7 Å². The van der Waals surface area contributed by atoms with E-state index >= 15 is 0 Å². The van der Waals surface area contributed by atoms with Crippen molar-refractivity contribution in [3.63, 3.8) is 0 Å². The molecule has 0 aliphatic rings. The minimum Gasteiger partial charge on any atom is -0.377 e. The van der Waals surface area contributed by atoms with Gasteiger partial charge >= 0.3 is 0 Å². The maximum Gasteiger partial charge on any atom is 0.221 e. The predicted octanol–water partition coefficient (Wildman–Crippen LogP) is 0.779. The number of nitrogens with two attached hydrogens (primary N) is 1. The Kier molecular flexibility index (Phi) is 12.7. The number of rotatable bonds is 13. The summed E-state index contributed by atoms with van der Waals surface area (Å²) >= 11 is 0. The van der Waals surface area contributed by atoms with E-state index in [4.69, 9.17) is 10.6 Å². The van der Waals surface area contributed by atoms with Gasteiger partial charge in [0.1, 0.15) is 0 Å². The molecule has 0 fully saturated rings. The summed E-state index contributed by atoms with van der Waals surface area (Å²) < 4.78 is 5.14. The summed E-state index contributed by atoms with van der Waals surface area (Å²) in [5.74, 6) is 5.94. The number of amides is 1. The van der Waals surface area contributed by atoms with Crippen molar-refractivity contribution in [2.45, 2.75) is 25.0 Å². The first-order valence-corrected chi connectivity index (χ1v) is 8.95. The Balaban J connectivity index is 3.61. The van der Waals surface area contributed by atoms with E-state index in [2.05, 4.69) is 29.3 Å². The third-order valence-electron chi connectivity index (χ3n) is 2.22. The molecule has 4 N–H and O–H groups in total. The fraction of sp³-hybridized carbons (Fsp3) is 0.917. The predicted molar refractivity (Wildman–Crippen MR) is 86.6 cm³/mol. The van der Waals surface area contributed by atoms with Gasteiger partial charge in [-0.3, -0.25) is 4.79 Å². The molecule has 0 saturated carbocycles. The van der Waals surface area contributed by atoms with Gasteiger partial charge < -0.3 is 20.2 Å². The van der Waals surface area contributed by atoms with Crippen LogP contribution in [0.1, 0.15) is 20.3 Å². The number of nitrogens with one attached hydrogen (secondary N) is 2. The standard InChI is InChI=1S/C12H27N3O3S2/c1-12(2,20-19-9-5-14-3)10-11(16)15-4-6-17-7-8-18-13/h14H,4-10,13H2,1-3H3,(H,15,16). The molecule has 8 heteroatoms. The van der Waals surface area contributed by atoms with E-state index in [0.29, 0.717) is 32.8 Å². The summed E-state index contributed by atoms with van der Waals surface area (Å²) in [5, 5.41) is 5.95. The smallest absolute Gasteiger partial charge is 0.221 e. The summed E-state index contributed by atoms with van der Waals surface area (Å²) in [5.41, 5.74) is 0. The third kappa shape index (κ3) is 13.0. The maximum atomic E-state index is 11.8. The molecule has 0 aromatic rings. The van der Waals surface area contributed by atoms with Crippen LogP contribution in [-0.4, -0.2) is 56.4 Å². The lowest BCUT2D eigenvalue weighted by Gasteiger charge is -2.22. The molecular weight excluding hydrogens is 298 g/mol. The van der Waals surface area contributed by atoms with Gasteiger partial charge in [0.15, 0.2) is 0 Å². The molecule has 0 aromatic heterocycles. The second kappa shape index (κ2) is 12.7. The Morgan fingerprint density at radius 3 is 2.65 bits per heavy atom. The molecule has 0 atom stereocenters. The minimum absolute atomic E-state index is 0.0513. The van der Waals surface area contributed by atoms with Crippen molar-refractivity contribution in [2.24, 2.45) is 5.90 Å². The number of carbonyl (C=O) groups is 1. The van der Waals surface area contributed by atoms with Crippen molar-refractivity contribution >= 4 is 27.5 Å². The highest BCUT2D eigenvalue weighted by Crippen LogP contribution is 2.37. The van der Waals surface area contributed by atoms with Crippen molar-refractivity contribution in [1.82, 2.24) is 10.6 Å². The van der Waals surface area contributed by atoms with Gasteiger partial charge in [0, 0.05) is 30.0 Å². The number of carbonyl (C=O) groups excluding carboxylic acids is 1. The van der Waals surface area contributed by atoms with Gasteiger partial charge in [-0.15, -0.1) is 0 Å². The van der Waals surface area contributed by atoms with Crippen molar-refractivity contribution < 1.29 is 14.4 Å². The molecular formula is C12H27N3O3S2. The molecule has 0 aromatic carbocycles. The quantitative estimate of drug-likeness (QED) is 0.262. The lowest BCUT2D eigenvalue weighted by Crippen LogP contribution is -2.32. The minimum atomic E-state index is -0.0727. The van der Waals surface area contributed by atoms with E-state index in [1.54, 1.807) is 21.6 Å². The van der Waals surface area contributed by atoms with Gasteiger partial charge in [-0.05, 0) is 20.9 Å². The first-order chi connectivity index (χ1) is 9.52. The maximum absolute atomic E-state index is 11.8. The molecule has 0 heterocycles. The van der Waals surface area contributed by atoms with Crippen molar-refractivity contribution in [2.75, 3.05) is 45.7 Å². The van der Waals surface area contributed by atoms with Crippen molar-refractivity contribution in [3.05, 3.63) is 0 Å². The first kappa shape index (κ1) is 20.0. The van der Waals surface area contributed by atoms with Crippen LogP contribution in [0.25, 0.3) is 0 Å². The van der Waals surface area contributed by atoms with Gasteiger partial charge in [-0.25, -0.2) is 5.90 Å². The van der Waals surface area contributed by atoms with Crippen LogP contribution >= 0.6 is 21.6 Å². The molecule has 6 nitrogen and oxygen atoms in total. The number of ether oxygens (including phenoxy) is 1. The monoisotopic (exact) mass is 325 g/mol. The van der Waals surface area contributed by atoms with Crippen molar-refractivity contribution in [1.29, 1.82) is 0 Å². The third-order valence-corrected chi connectivity index (χ3v) is 5.51. The van der Waals surface area contributed by atoms with E-state index < -0.39 is 0 Å². The van der Waals surface area contributed by atoms with E-state index in [1.807, 2.05) is 7.05 Å². The van der Waals surface area contributed by atoms with Crippen LogP contribution in [0, 0.1) is 0 Å². The molecule has 0 aliphatic carbocycles. The van der Waals surface area contributed by atoms with Crippen LogP contribution in [0.15, 0.2) is 0 Å². The SMILES string of the molecule is CNCCSSC(C)(C)CC(=O)NCCOCCON. The lowest BCUT2D eigenvalue weighted by atomic mass is 10.1. The zero-order valence-corrected chi connectivity index (χ0v) is 14.2. The molecule has 1 amide bonds. The summed E-state index contributed by atoms with van der Waals surface area (Å²) in [6.07, 6.45) is 0.496. The number of hydrogen-bond donors (Lipinski definition) is 3. The van der Waals surface area contributed by atoms with Gasteiger partial charge in [0.2, 0.25) is 5.91 Å². The molecule has 0 rings (SSSR count). The van der Waals surface area contributed by atoms with Crippen LogP contribution in [0.2, 0.25) is 0 Å². The van der Waals surface area contributed by atoms with E-state index in [0.717, 1.165) is 12.3 Å². The summed E-state index contributed by atoms with van der Waals surface area (Å²) in [7, 11) is 5.48. The highest BCUT2D eigenvalue weighted by molar-refractivity contribution is 8.77. The van der Waals surface area contributed by atoms with Gasteiger partial charge in [-0.2, -0.15) is 0 Å². The van der Waals surface area contributed by atoms with Gasteiger partial charge in [0.05, 0.1) is 19.8 Å². The Hall–Kier alpha value is 0.01000. The lowest BCUT2D eigenvalue weighted by molar-refractivity contribution is -0.121. The summed E-state index contributed by atoms with van der Waals surface area (Å²) in [6, 6.07) is 0. The van der Waals surface area contributed by atoms with Crippen molar-refractivity contribution in [3.8, 4) is 0 Å². The Morgan fingerprint density at radius 1 is 1.25 bits per heavy atom. The zero-order chi connectivity index (χ0) is 15.3. The van der Waals surface area contributed by atoms with Crippen LogP contribution in [0.4, 0.5) is 0 Å². The zero-order valence-electron chi connectivity index (χ0n) is 12.6. The fourth-order valence-electron chi connectivity index (χ4n) is 1.30. The fourth-order valence-corrected chi connectivity index (χ4v) is 3.81. The first-order valence-electron chi connectivity index (χ1n) is 6.63. The highest BCUT2D eigenvalue weighted by Gasteiger charge is 2.22. The normalized spacial score (nSPS) is 11.6. The van der Waals surface area contributed by atoms with Crippen LogP contribution < -0.4 is 16.5 Å². The average molecular weight is 326 g/mol. The largest absolute Gasteiger partial charge is 0.377 e. The molecule has 20 heavy (non-hydrogen) atoms. The average Bonchev–Trinajstić information content (AvgIpc) is 2.38. The second-order valence-electron chi connectivity index (χ2n) is 4.78. The van der Waals surface area contributed by atoms with Gasteiger partial charge in [0.25, 0.3) is 0 Å². The van der Waals surface area contributed by atoms with Crippen LogP contribution in [-0.2, 0) is 14.4 Å². The molecule has 120 valence electrons. The topological polar surface area (TPSA) is 85.6 Å². The van der Waals surface area contributed by atoms with Crippen LogP contribution in [0.3, 0.4) is 0 Å². The molecule has 0 bridgehead atoms. The Morgan fingerprint density at radius 2 is 2.00 bits per heavy atom. The second-order valence-corrected chi connectivity index (χ2v) is 7.90. The molecule has 0 aliphatic heterocycles. The molecule has 0 spiro atoms. The summed E-state index contributed by atoms with van der Waals surface area (Å²) in [4.78, 5) is 16.2. The van der Waals surface area contributed by atoms with E-state index in [1.165, 1.54) is 0 Å². The summed E-state index contributed by atoms with van der Waals surface area (Å²) in [6.45, 7) is 6.93. The molecule has 0 radical (unpaired) electrons.